The SMILES string of the molecule is COC(=O)C1(CN)COc2cc(OCc3ccc(Cl)cc3Cl)ccc21. The van der Waals surface area contributed by atoms with Gasteiger partial charge in [0, 0.05) is 33.8 Å². The lowest BCUT2D eigenvalue weighted by Crippen LogP contribution is -2.45. The number of hydrogen-bond acceptors (Lipinski definition) is 5. The number of methoxy groups -OCH3 is 1. The zero-order valence-corrected chi connectivity index (χ0v) is 15.1. The third kappa shape index (κ3) is 3.27. The lowest BCUT2D eigenvalue weighted by Gasteiger charge is -2.22. The van der Waals surface area contributed by atoms with Crippen molar-refractivity contribution in [2.75, 3.05) is 20.3 Å². The predicted octanol–water partition coefficient (Wildman–Crippen LogP) is 3.33. The van der Waals surface area contributed by atoms with Crippen LogP contribution in [-0.4, -0.2) is 26.2 Å². The fourth-order valence-electron chi connectivity index (χ4n) is 2.80. The first kappa shape index (κ1) is 17.9. The van der Waals surface area contributed by atoms with Gasteiger partial charge in [0.15, 0.2) is 0 Å². The highest BCUT2D eigenvalue weighted by atomic mass is 35.5. The summed E-state index contributed by atoms with van der Waals surface area (Å²) in [6.45, 7) is 0.541. The standard InChI is InChI=1S/C18H17Cl2NO4/c1-23-17(22)18(9-21)10-25-16-7-13(4-5-14(16)18)24-8-11-2-3-12(19)6-15(11)20/h2-7H,8-10,21H2,1H3. The zero-order valence-electron chi connectivity index (χ0n) is 13.6. The molecule has 0 spiro atoms. The van der Waals surface area contributed by atoms with Gasteiger partial charge in [0.05, 0.1) is 7.11 Å². The molecular formula is C18H17Cl2NO4. The molecule has 25 heavy (non-hydrogen) atoms. The van der Waals surface area contributed by atoms with E-state index in [1.807, 2.05) is 6.07 Å². The van der Waals surface area contributed by atoms with Crippen LogP contribution >= 0.6 is 23.2 Å². The van der Waals surface area contributed by atoms with Crippen molar-refractivity contribution in [3.05, 3.63) is 57.6 Å². The number of carbonyl (C=O) groups excluding carboxylic acids is 1. The van der Waals surface area contributed by atoms with Crippen LogP contribution < -0.4 is 15.2 Å². The van der Waals surface area contributed by atoms with E-state index in [0.29, 0.717) is 27.1 Å². The number of halogens is 2. The van der Waals surface area contributed by atoms with Gasteiger partial charge in [-0.25, -0.2) is 0 Å². The average molecular weight is 382 g/mol. The number of carbonyl (C=O) groups is 1. The van der Waals surface area contributed by atoms with Crippen molar-refractivity contribution in [3.63, 3.8) is 0 Å². The molecule has 2 aromatic rings. The van der Waals surface area contributed by atoms with Crippen LogP contribution in [0.3, 0.4) is 0 Å². The summed E-state index contributed by atoms with van der Waals surface area (Å²) in [6, 6.07) is 10.5. The van der Waals surface area contributed by atoms with Crippen molar-refractivity contribution >= 4 is 29.2 Å². The molecule has 2 N–H and O–H groups in total. The van der Waals surface area contributed by atoms with Gasteiger partial charge in [0.1, 0.15) is 30.1 Å². The summed E-state index contributed by atoms with van der Waals surface area (Å²) in [5, 5.41) is 1.11. The van der Waals surface area contributed by atoms with Crippen molar-refractivity contribution in [3.8, 4) is 11.5 Å². The molecule has 2 aromatic carbocycles. The minimum Gasteiger partial charge on any atom is -0.492 e. The van der Waals surface area contributed by atoms with Crippen molar-refractivity contribution in [2.45, 2.75) is 12.0 Å². The lowest BCUT2D eigenvalue weighted by atomic mass is 9.82. The fourth-order valence-corrected chi connectivity index (χ4v) is 3.27. The zero-order chi connectivity index (χ0) is 18.0. The number of benzene rings is 2. The minimum absolute atomic E-state index is 0.104. The van der Waals surface area contributed by atoms with Crippen LogP contribution in [0.15, 0.2) is 36.4 Å². The maximum Gasteiger partial charge on any atom is 0.321 e. The van der Waals surface area contributed by atoms with E-state index in [1.165, 1.54) is 7.11 Å². The Morgan fingerprint density at radius 1 is 1.28 bits per heavy atom. The second-order valence-corrected chi connectivity index (χ2v) is 6.59. The molecule has 0 amide bonds. The van der Waals surface area contributed by atoms with Crippen LogP contribution in [0.5, 0.6) is 11.5 Å². The Bertz CT molecular complexity index is 812. The Morgan fingerprint density at radius 2 is 2.08 bits per heavy atom. The van der Waals surface area contributed by atoms with Crippen LogP contribution in [0.2, 0.25) is 10.0 Å². The van der Waals surface area contributed by atoms with Crippen LogP contribution in [0, 0.1) is 0 Å². The third-order valence-corrected chi connectivity index (χ3v) is 4.86. The van der Waals surface area contributed by atoms with E-state index in [9.17, 15) is 4.79 Å². The second kappa shape index (κ2) is 7.12. The Hall–Kier alpha value is -1.95. The first-order chi connectivity index (χ1) is 12.0. The quantitative estimate of drug-likeness (QED) is 0.804. The number of rotatable bonds is 5. The largest absolute Gasteiger partial charge is 0.492 e. The van der Waals surface area contributed by atoms with Gasteiger partial charge in [-0.05, 0) is 18.2 Å². The van der Waals surface area contributed by atoms with Crippen LogP contribution in [0.1, 0.15) is 11.1 Å². The summed E-state index contributed by atoms with van der Waals surface area (Å²) in [7, 11) is 1.34. The van der Waals surface area contributed by atoms with E-state index in [2.05, 4.69) is 0 Å². The number of fused-ring (bicyclic) bond motifs is 1. The number of nitrogens with two attached hydrogens (primary N) is 1. The molecule has 0 aromatic heterocycles. The third-order valence-electron chi connectivity index (χ3n) is 4.28. The lowest BCUT2D eigenvalue weighted by molar-refractivity contribution is -0.147. The normalized spacial score (nSPS) is 18.4. The predicted molar refractivity (Wildman–Crippen MR) is 95.5 cm³/mol. The number of hydrogen-bond donors (Lipinski definition) is 1. The molecule has 132 valence electrons. The topological polar surface area (TPSA) is 70.8 Å². The Kier molecular flexibility index (Phi) is 5.08. The highest BCUT2D eigenvalue weighted by molar-refractivity contribution is 6.35. The highest BCUT2D eigenvalue weighted by Crippen LogP contribution is 2.41. The van der Waals surface area contributed by atoms with Gasteiger partial charge >= 0.3 is 5.97 Å². The summed E-state index contributed by atoms with van der Waals surface area (Å²) in [4.78, 5) is 12.2. The van der Waals surface area contributed by atoms with Gasteiger partial charge in [0.2, 0.25) is 0 Å². The first-order valence-electron chi connectivity index (χ1n) is 7.63. The van der Waals surface area contributed by atoms with E-state index in [0.717, 1.165) is 5.56 Å². The van der Waals surface area contributed by atoms with Gasteiger partial charge in [-0.1, -0.05) is 35.3 Å². The highest BCUT2D eigenvalue weighted by Gasteiger charge is 2.47. The van der Waals surface area contributed by atoms with E-state index >= 15 is 0 Å². The molecule has 1 atom stereocenters. The molecule has 0 bridgehead atoms. The molecule has 5 nitrogen and oxygen atoms in total. The molecule has 1 heterocycles. The van der Waals surface area contributed by atoms with E-state index in [4.69, 9.17) is 43.1 Å². The summed E-state index contributed by atoms with van der Waals surface area (Å²) >= 11 is 12.0. The van der Waals surface area contributed by atoms with Crippen molar-refractivity contribution in [1.82, 2.24) is 0 Å². The molecule has 0 aliphatic carbocycles. The van der Waals surface area contributed by atoms with Crippen LogP contribution in [-0.2, 0) is 21.6 Å². The van der Waals surface area contributed by atoms with Crippen molar-refractivity contribution in [2.24, 2.45) is 5.73 Å². The molecule has 0 saturated heterocycles. The summed E-state index contributed by atoms with van der Waals surface area (Å²) in [6.07, 6.45) is 0. The van der Waals surface area contributed by atoms with Crippen molar-refractivity contribution < 1.29 is 19.0 Å². The minimum atomic E-state index is -0.970. The Morgan fingerprint density at radius 3 is 2.76 bits per heavy atom. The Balaban J connectivity index is 1.79. The summed E-state index contributed by atoms with van der Waals surface area (Å²) in [5.41, 5.74) is 6.38. The maximum atomic E-state index is 12.2. The van der Waals surface area contributed by atoms with E-state index < -0.39 is 11.4 Å². The molecule has 1 aliphatic heterocycles. The van der Waals surface area contributed by atoms with Gasteiger partial charge in [0.25, 0.3) is 0 Å². The van der Waals surface area contributed by atoms with Gasteiger partial charge in [-0.2, -0.15) is 0 Å². The smallest absolute Gasteiger partial charge is 0.321 e. The molecule has 1 aliphatic rings. The Labute approximate surface area is 155 Å². The average Bonchev–Trinajstić information content (AvgIpc) is 2.99. The van der Waals surface area contributed by atoms with Crippen molar-refractivity contribution in [1.29, 1.82) is 0 Å². The van der Waals surface area contributed by atoms with Crippen LogP contribution in [0.25, 0.3) is 0 Å². The molecule has 0 fully saturated rings. The van der Waals surface area contributed by atoms with Gasteiger partial charge in [-0.15, -0.1) is 0 Å². The molecule has 0 radical (unpaired) electrons. The molecule has 0 saturated carbocycles. The fraction of sp³-hybridized carbons (Fsp3) is 0.278. The molecular weight excluding hydrogens is 365 g/mol. The maximum absolute atomic E-state index is 12.2. The number of ether oxygens (including phenoxy) is 3. The molecule has 3 rings (SSSR count). The second-order valence-electron chi connectivity index (χ2n) is 5.75. The summed E-state index contributed by atoms with van der Waals surface area (Å²) in [5.74, 6) is 0.758. The summed E-state index contributed by atoms with van der Waals surface area (Å²) < 4.78 is 16.3. The van der Waals surface area contributed by atoms with Gasteiger partial charge < -0.3 is 19.9 Å². The molecule has 1 unspecified atom stereocenters. The van der Waals surface area contributed by atoms with Crippen LogP contribution in [0.4, 0.5) is 0 Å². The van der Waals surface area contributed by atoms with E-state index in [-0.39, 0.29) is 19.8 Å². The first-order valence-corrected chi connectivity index (χ1v) is 8.38. The number of esters is 1. The molecule has 7 heteroatoms. The van der Waals surface area contributed by atoms with Gasteiger partial charge in [-0.3, -0.25) is 4.79 Å². The van der Waals surface area contributed by atoms with E-state index in [1.54, 1.807) is 30.3 Å². The monoisotopic (exact) mass is 381 g/mol.